The van der Waals surface area contributed by atoms with Crippen LogP contribution in [0.2, 0.25) is 0 Å². The van der Waals surface area contributed by atoms with Crippen molar-refractivity contribution in [3.63, 3.8) is 0 Å². The van der Waals surface area contributed by atoms with E-state index in [0.717, 1.165) is 34.5 Å². The Morgan fingerprint density at radius 2 is 2.38 bits per heavy atom. The smallest absolute Gasteiger partial charge is 0.175 e. The van der Waals surface area contributed by atoms with E-state index in [9.17, 15) is 0 Å². The van der Waals surface area contributed by atoms with Gasteiger partial charge in [0.25, 0.3) is 0 Å². The van der Waals surface area contributed by atoms with Gasteiger partial charge in [0.1, 0.15) is 10.7 Å². The second-order valence-corrected chi connectivity index (χ2v) is 4.23. The highest BCUT2D eigenvalue weighted by molar-refractivity contribution is 7.99. The summed E-state index contributed by atoms with van der Waals surface area (Å²) in [6.07, 6.45) is 0. The highest BCUT2D eigenvalue weighted by Gasteiger charge is 2.19. The third-order valence-electron chi connectivity index (χ3n) is 1.88. The van der Waals surface area contributed by atoms with E-state index < -0.39 is 0 Å². The van der Waals surface area contributed by atoms with Gasteiger partial charge in [0.05, 0.1) is 6.54 Å². The van der Waals surface area contributed by atoms with Crippen LogP contribution in [0.4, 0.5) is 11.5 Å². The molecule has 0 amide bonds. The molecule has 70 valence electrons. The van der Waals surface area contributed by atoms with E-state index in [4.69, 9.17) is 5.73 Å². The van der Waals surface area contributed by atoms with Crippen molar-refractivity contribution in [2.75, 3.05) is 11.5 Å². The fourth-order valence-electron chi connectivity index (χ4n) is 1.35. The number of aromatic nitrogens is 2. The van der Waals surface area contributed by atoms with Crippen molar-refractivity contribution in [2.45, 2.75) is 25.4 Å². The minimum Gasteiger partial charge on any atom is -0.393 e. The van der Waals surface area contributed by atoms with Gasteiger partial charge in [-0.3, -0.25) is 0 Å². The monoisotopic (exact) mass is 196 g/mol. The first kappa shape index (κ1) is 8.62. The predicted molar refractivity (Wildman–Crippen MR) is 55.8 cm³/mol. The van der Waals surface area contributed by atoms with Crippen LogP contribution in [0.15, 0.2) is 10.0 Å². The van der Waals surface area contributed by atoms with Gasteiger partial charge in [-0.2, -0.15) is 5.10 Å². The highest BCUT2D eigenvalue weighted by Crippen LogP contribution is 2.34. The third-order valence-corrected chi connectivity index (χ3v) is 2.75. The number of thioether (sulfide) groups is 1. The minimum absolute atomic E-state index is 0.726. The van der Waals surface area contributed by atoms with Gasteiger partial charge in [-0.15, -0.1) is 11.8 Å². The van der Waals surface area contributed by atoms with Crippen molar-refractivity contribution in [3.05, 3.63) is 0 Å². The Balaban J connectivity index is 2.39. The number of nitrogens with zero attached hydrogens (tertiary/aromatic N) is 3. The van der Waals surface area contributed by atoms with Crippen LogP contribution in [-0.4, -0.2) is 21.2 Å². The Bertz CT molecular complexity index is 366. The normalized spacial score (nSPS) is 14.5. The van der Waals surface area contributed by atoms with E-state index in [0.29, 0.717) is 0 Å². The van der Waals surface area contributed by atoms with Crippen molar-refractivity contribution in [1.29, 1.82) is 0 Å². The molecule has 1 aliphatic heterocycles. The molecule has 0 saturated carbocycles. The molecule has 0 bridgehead atoms. The molecule has 4 nitrogen and oxygen atoms in total. The quantitative estimate of drug-likeness (QED) is 0.732. The van der Waals surface area contributed by atoms with Gasteiger partial charge in [-0.05, 0) is 12.7 Å². The molecule has 2 heterocycles. The molecule has 0 fully saturated rings. The van der Waals surface area contributed by atoms with Crippen LogP contribution in [0, 0.1) is 0 Å². The van der Waals surface area contributed by atoms with Crippen molar-refractivity contribution >= 4 is 29.0 Å². The number of rotatable bonds is 2. The molecule has 2 N–H and O–H groups in total. The van der Waals surface area contributed by atoms with Crippen molar-refractivity contribution in [1.82, 2.24) is 9.78 Å². The average molecular weight is 196 g/mol. The van der Waals surface area contributed by atoms with E-state index in [1.165, 1.54) is 0 Å². The Labute approximate surface area is 81.2 Å². The summed E-state index contributed by atoms with van der Waals surface area (Å²) >= 11 is 1.66. The van der Waals surface area contributed by atoms with Crippen LogP contribution in [0.5, 0.6) is 0 Å². The molecule has 0 radical (unpaired) electrons. The molecule has 0 aromatic carbocycles. The zero-order valence-electron chi connectivity index (χ0n) is 7.74. The summed E-state index contributed by atoms with van der Waals surface area (Å²) in [4.78, 5) is 4.33. The van der Waals surface area contributed by atoms with Crippen LogP contribution < -0.4 is 5.73 Å². The first-order valence-corrected chi connectivity index (χ1v) is 5.24. The minimum atomic E-state index is 0.726. The number of anilines is 1. The van der Waals surface area contributed by atoms with Gasteiger partial charge in [0, 0.05) is 5.71 Å². The lowest BCUT2D eigenvalue weighted by Gasteiger charge is -1.93. The van der Waals surface area contributed by atoms with Crippen molar-refractivity contribution in [3.8, 4) is 0 Å². The second-order valence-electron chi connectivity index (χ2n) is 2.98. The SMILES string of the molecule is CCSc1nn2c(c1N)N=C(C)C2. The van der Waals surface area contributed by atoms with Gasteiger partial charge >= 0.3 is 0 Å². The van der Waals surface area contributed by atoms with E-state index in [1.54, 1.807) is 11.8 Å². The van der Waals surface area contributed by atoms with Crippen LogP contribution in [-0.2, 0) is 6.54 Å². The predicted octanol–water partition coefficient (Wildman–Crippen LogP) is 1.68. The van der Waals surface area contributed by atoms with Crippen molar-refractivity contribution < 1.29 is 0 Å². The summed E-state index contributed by atoms with van der Waals surface area (Å²) in [7, 11) is 0. The maximum absolute atomic E-state index is 5.89. The molecule has 0 saturated heterocycles. The molecular formula is C8H12N4S. The van der Waals surface area contributed by atoms with Gasteiger partial charge in [0.15, 0.2) is 5.82 Å². The van der Waals surface area contributed by atoms with E-state index in [-0.39, 0.29) is 0 Å². The Morgan fingerprint density at radius 3 is 3.00 bits per heavy atom. The molecule has 0 aliphatic carbocycles. The number of hydrogen-bond acceptors (Lipinski definition) is 4. The first-order valence-electron chi connectivity index (χ1n) is 4.25. The lowest BCUT2D eigenvalue weighted by molar-refractivity contribution is 0.722. The molecule has 5 heteroatoms. The highest BCUT2D eigenvalue weighted by atomic mass is 32.2. The molecule has 1 aliphatic rings. The maximum Gasteiger partial charge on any atom is 0.175 e. The summed E-state index contributed by atoms with van der Waals surface area (Å²) in [5.74, 6) is 1.82. The van der Waals surface area contributed by atoms with Crippen LogP contribution >= 0.6 is 11.8 Å². The van der Waals surface area contributed by atoms with Gasteiger partial charge in [-0.1, -0.05) is 6.92 Å². The zero-order valence-corrected chi connectivity index (χ0v) is 8.56. The number of hydrogen-bond donors (Lipinski definition) is 1. The van der Waals surface area contributed by atoms with Gasteiger partial charge in [0.2, 0.25) is 0 Å². The summed E-state index contributed by atoms with van der Waals surface area (Å²) in [5, 5.41) is 5.28. The second kappa shape index (κ2) is 3.06. The molecule has 13 heavy (non-hydrogen) atoms. The molecule has 0 spiro atoms. The molecule has 0 atom stereocenters. The largest absolute Gasteiger partial charge is 0.393 e. The fourth-order valence-corrected chi connectivity index (χ4v) is 2.03. The van der Waals surface area contributed by atoms with E-state index in [1.807, 2.05) is 11.6 Å². The topological polar surface area (TPSA) is 56.2 Å². The van der Waals surface area contributed by atoms with E-state index >= 15 is 0 Å². The molecule has 0 unspecified atom stereocenters. The number of nitrogen functional groups attached to an aromatic ring is 1. The van der Waals surface area contributed by atoms with E-state index in [2.05, 4.69) is 17.0 Å². The lowest BCUT2D eigenvalue weighted by atomic mass is 10.4. The van der Waals surface area contributed by atoms with Crippen LogP contribution in [0.3, 0.4) is 0 Å². The van der Waals surface area contributed by atoms with Crippen LogP contribution in [0.1, 0.15) is 13.8 Å². The fraction of sp³-hybridized carbons (Fsp3) is 0.500. The summed E-state index contributed by atoms with van der Waals surface area (Å²) in [6, 6.07) is 0. The molecule has 1 aromatic rings. The molecular weight excluding hydrogens is 184 g/mol. The summed E-state index contributed by atoms with van der Waals surface area (Å²) in [6.45, 7) is 4.85. The summed E-state index contributed by atoms with van der Waals surface area (Å²) in [5.41, 5.74) is 7.69. The standard InChI is InChI=1S/C8H12N4S/c1-3-13-8-6(9)7-10-5(2)4-12(7)11-8/h3-4,9H2,1-2H3. The Morgan fingerprint density at radius 1 is 1.62 bits per heavy atom. The maximum atomic E-state index is 5.89. The number of aliphatic imine (C=N–C) groups is 1. The van der Waals surface area contributed by atoms with Gasteiger partial charge < -0.3 is 5.73 Å². The van der Waals surface area contributed by atoms with Crippen LogP contribution in [0.25, 0.3) is 0 Å². The Hall–Kier alpha value is -0.970. The first-order chi connectivity index (χ1) is 6.22. The Kier molecular flexibility index (Phi) is 2.03. The number of fused-ring (bicyclic) bond motifs is 1. The van der Waals surface area contributed by atoms with Gasteiger partial charge in [-0.25, -0.2) is 9.67 Å². The summed E-state index contributed by atoms with van der Waals surface area (Å²) < 4.78 is 1.86. The number of nitrogens with two attached hydrogens (primary N) is 1. The third kappa shape index (κ3) is 1.33. The lowest BCUT2D eigenvalue weighted by Crippen LogP contribution is -2.00. The molecule has 2 rings (SSSR count). The molecule has 1 aromatic heterocycles. The van der Waals surface area contributed by atoms with Crippen molar-refractivity contribution in [2.24, 2.45) is 4.99 Å². The average Bonchev–Trinajstić information content (AvgIpc) is 2.54. The zero-order chi connectivity index (χ0) is 9.42.